The van der Waals surface area contributed by atoms with Crippen LogP contribution in [0.25, 0.3) is 0 Å². The quantitative estimate of drug-likeness (QED) is 0.0222. The summed E-state index contributed by atoms with van der Waals surface area (Å²) in [7, 11) is -9.93. The van der Waals surface area contributed by atoms with Crippen molar-refractivity contribution < 1.29 is 80.2 Å². The summed E-state index contributed by atoms with van der Waals surface area (Å²) in [4.78, 5) is 73.4. The SMILES string of the molecule is CCCCCCCCCCCCCCCCCCCCCCCC(=O)OC[C@H](COP(=O)(O)OC[C@@H](O)COP(=O)(O)OC[C@@H](COC(=O)CCCCCCCCCCCCCC)OC(=O)CCCCCCCCCCCCCCCCC)OC(=O)CCCCCCCCCCCCCCCCCCCCC(C)CC. The lowest BCUT2D eigenvalue weighted by molar-refractivity contribution is -0.161. The highest BCUT2D eigenvalue weighted by Crippen LogP contribution is 2.45. The van der Waals surface area contributed by atoms with Crippen molar-refractivity contribution in [3.8, 4) is 0 Å². The molecule has 0 aliphatic carbocycles. The fourth-order valence-corrected chi connectivity index (χ4v) is 15.9. The van der Waals surface area contributed by atoms with Crippen molar-refractivity contribution in [2.24, 2.45) is 5.92 Å². The van der Waals surface area contributed by atoms with Crippen LogP contribution in [-0.2, 0) is 65.4 Å². The smallest absolute Gasteiger partial charge is 0.462 e. The van der Waals surface area contributed by atoms with Gasteiger partial charge in [-0.3, -0.25) is 37.3 Å². The number of carbonyl (C=O) groups excluding carboxylic acids is 4. The Morgan fingerprint density at radius 3 is 0.645 bits per heavy atom. The molecule has 0 aliphatic rings. The number of ether oxygens (including phenoxy) is 4. The van der Waals surface area contributed by atoms with Crippen molar-refractivity contribution in [2.45, 2.75) is 515 Å². The highest BCUT2D eigenvalue weighted by atomic mass is 31.2. The highest BCUT2D eigenvalue weighted by molar-refractivity contribution is 7.47. The molecule has 0 aromatic rings. The van der Waals surface area contributed by atoms with Crippen molar-refractivity contribution in [1.29, 1.82) is 0 Å². The molecule has 3 N–H and O–H groups in total. The van der Waals surface area contributed by atoms with Crippen molar-refractivity contribution in [1.82, 2.24) is 0 Å². The first-order valence-electron chi connectivity index (χ1n) is 47.2. The molecule has 0 aromatic heterocycles. The number of unbranched alkanes of at least 4 members (excludes halogenated alkanes) is 62. The number of hydrogen-bond donors (Lipinski definition) is 3. The third-order valence-corrected chi connectivity index (χ3v) is 23.8. The molecule has 0 aromatic carbocycles. The van der Waals surface area contributed by atoms with Crippen LogP contribution in [0.15, 0.2) is 0 Å². The van der Waals surface area contributed by atoms with Gasteiger partial charge in [-0.1, -0.05) is 446 Å². The number of aliphatic hydroxyl groups excluding tert-OH is 1. The molecule has 110 heavy (non-hydrogen) atoms. The highest BCUT2D eigenvalue weighted by Gasteiger charge is 2.31. The predicted molar refractivity (Wildman–Crippen MR) is 455 cm³/mol. The van der Waals surface area contributed by atoms with Crippen LogP contribution < -0.4 is 0 Å². The van der Waals surface area contributed by atoms with E-state index in [1.54, 1.807) is 0 Å². The van der Waals surface area contributed by atoms with Crippen LogP contribution in [0.2, 0.25) is 0 Å². The maximum Gasteiger partial charge on any atom is 0.472 e. The van der Waals surface area contributed by atoms with Crippen LogP contribution in [0.3, 0.4) is 0 Å². The number of phosphoric ester groups is 2. The van der Waals surface area contributed by atoms with Gasteiger partial charge in [-0.15, -0.1) is 0 Å². The van der Waals surface area contributed by atoms with E-state index in [2.05, 4.69) is 34.6 Å². The van der Waals surface area contributed by atoms with Crippen molar-refractivity contribution >= 4 is 39.5 Å². The van der Waals surface area contributed by atoms with Gasteiger partial charge in [0.05, 0.1) is 26.4 Å². The van der Waals surface area contributed by atoms with E-state index in [0.29, 0.717) is 25.7 Å². The Bertz CT molecular complexity index is 2080. The van der Waals surface area contributed by atoms with Gasteiger partial charge in [0.25, 0.3) is 0 Å². The normalized spacial score (nSPS) is 13.9. The molecule has 0 fully saturated rings. The summed E-state index contributed by atoms with van der Waals surface area (Å²) in [5.41, 5.74) is 0. The summed E-state index contributed by atoms with van der Waals surface area (Å²) in [5.74, 6) is -1.22. The van der Waals surface area contributed by atoms with Crippen molar-refractivity contribution in [2.75, 3.05) is 39.6 Å². The Balaban J connectivity index is 5.23. The zero-order chi connectivity index (χ0) is 80.4. The molecular weight excluding hydrogens is 1430 g/mol. The molecular formula is C91H178O17P2. The Morgan fingerprint density at radius 2 is 0.436 bits per heavy atom. The molecule has 0 radical (unpaired) electrons. The topological polar surface area (TPSA) is 237 Å². The third kappa shape index (κ3) is 82.6. The van der Waals surface area contributed by atoms with Gasteiger partial charge in [-0.2, -0.15) is 0 Å². The molecule has 0 heterocycles. The van der Waals surface area contributed by atoms with Gasteiger partial charge >= 0.3 is 39.5 Å². The minimum atomic E-state index is -4.97. The van der Waals surface area contributed by atoms with Crippen LogP contribution in [0, 0.1) is 5.92 Å². The molecule has 0 spiro atoms. The monoisotopic (exact) mass is 1610 g/mol. The lowest BCUT2D eigenvalue weighted by Gasteiger charge is -2.21. The van der Waals surface area contributed by atoms with Gasteiger partial charge in [-0.05, 0) is 31.6 Å². The fourth-order valence-electron chi connectivity index (χ4n) is 14.3. The standard InChI is InChI=1S/C91H178O17P2/c1-6-10-13-16-19-22-25-28-30-31-32-33-34-38-42-45-50-55-60-65-70-75-89(94)102-81-87(108-91(96)77-72-67-62-57-52-47-43-39-36-35-37-41-44-48-53-58-63-68-73-84(5)9-4)83-106-110(99,100)104-79-85(92)78-103-109(97,98)105-82-86(80-101-88(93)74-69-64-59-54-49-27-24-21-18-15-12-8-3)107-90(95)76-71-66-61-56-51-46-40-29-26-23-20-17-14-11-7-2/h84-87,92H,6-83H2,1-5H3,(H,97,98)(H,99,100)/t84?,85-,86+,87+/m0/s1. The first kappa shape index (κ1) is 108. The number of hydrogen-bond acceptors (Lipinski definition) is 15. The van der Waals surface area contributed by atoms with E-state index in [4.69, 9.17) is 37.0 Å². The summed E-state index contributed by atoms with van der Waals surface area (Å²) >= 11 is 0. The lowest BCUT2D eigenvalue weighted by atomic mass is 9.99. The second kappa shape index (κ2) is 83.5. The fraction of sp³-hybridized carbons (Fsp3) is 0.956. The van der Waals surface area contributed by atoms with Crippen LogP contribution in [0.4, 0.5) is 0 Å². The molecule has 0 aliphatic heterocycles. The lowest BCUT2D eigenvalue weighted by Crippen LogP contribution is -2.30. The van der Waals surface area contributed by atoms with Gasteiger partial charge in [0.15, 0.2) is 12.2 Å². The molecule has 654 valence electrons. The molecule has 0 bridgehead atoms. The van der Waals surface area contributed by atoms with Gasteiger partial charge < -0.3 is 33.8 Å². The number of aliphatic hydroxyl groups is 1. The largest absolute Gasteiger partial charge is 0.472 e. The molecule has 0 rings (SSSR count). The molecule has 19 heteroatoms. The van der Waals surface area contributed by atoms with Gasteiger partial charge in [0.2, 0.25) is 0 Å². The maximum absolute atomic E-state index is 13.2. The zero-order valence-electron chi connectivity index (χ0n) is 72.4. The van der Waals surface area contributed by atoms with E-state index in [0.717, 1.165) is 95.8 Å². The molecule has 17 nitrogen and oxygen atoms in total. The molecule has 0 saturated heterocycles. The average Bonchev–Trinajstić information content (AvgIpc) is 0.899. The van der Waals surface area contributed by atoms with E-state index in [9.17, 15) is 43.2 Å². The minimum Gasteiger partial charge on any atom is -0.462 e. The average molecular weight is 1610 g/mol. The number of phosphoric acid groups is 2. The Hall–Kier alpha value is -1.94. The van der Waals surface area contributed by atoms with Gasteiger partial charge in [-0.25, -0.2) is 9.13 Å². The third-order valence-electron chi connectivity index (χ3n) is 21.9. The zero-order valence-corrected chi connectivity index (χ0v) is 74.2. The van der Waals surface area contributed by atoms with Crippen LogP contribution in [-0.4, -0.2) is 96.7 Å². The van der Waals surface area contributed by atoms with Crippen molar-refractivity contribution in [3.63, 3.8) is 0 Å². The van der Waals surface area contributed by atoms with E-state index < -0.39 is 97.5 Å². The summed E-state index contributed by atoms with van der Waals surface area (Å²) in [6.07, 6.45) is 79.1. The van der Waals surface area contributed by atoms with Crippen molar-refractivity contribution in [3.05, 3.63) is 0 Å². The number of carbonyl (C=O) groups is 4. The van der Waals surface area contributed by atoms with E-state index in [-0.39, 0.29) is 25.7 Å². The summed E-state index contributed by atoms with van der Waals surface area (Å²) in [6.45, 7) is 7.46. The first-order chi connectivity index (χ1) is 53.6. The van der Waals surface area contributed by atoms with E-state index in [1.807, 2.05) is 0 Å². The van der Waals surface area contributed by atoms with Crippen LogP contribution >= 0.6 is 15.6 Å². The maximum atomic E-state index is 13.2. The molecule has 3 unspecified atom stereocenters. The van der Waals surface area contributed by atoms with E-state index >= 15 is 0 Å². The second-order valence-electron chi connectivity index (χ2n) is 32.9. The molecule has 0 saturated carbocycles. The molecule has 6 atom stereocenters. The number of esters is 4. The Morgan fingerprint density at radius 1 is 0.255 bits per heavy atom. The summed E-state index contributed by atoms with van der Waals surface area (Å²) in [5, 5.41) is 10.7. The summed E-state index contributed by atoms with van der Waals surface area (Å²) in [6, 6.07) is 0. The first-order valence-corrected chi connectivity index (χ1v) is 50.2. The van der Waals surface area contributed by atoms with Crippen LogP contribution in [0.1, 0.15) is 497 Å². The molecule has 0 amide bonds. The number of rotatable bonds is 91. The van der Waals surface area contributed by atoms with Gasteiger partial charge in [0, 0.05) is 25.7 Å². The Kier molecular flexibility index (Phi) is 82.1. The Labute approximate surface area is 677 Å². The summed E-state index contributed by atoms with van der Waals surface area (Å²) < 4.78 is 69.1. The van der Waals surface area contributed by atoms with E-state index in [1.165, 1.54) is 321 Å². The predicted octanol–water partition coefficient (Wildman–Crippen LogP) is 28.3. The minimum absolute atomic E-state index is 0.109. The second-order valence-corrected chi connectivity index (χ2v) is 35.8. The van der Waals surface area contributed by atoms with Gasteiger partial charge in [0.1, 0.15) is 19.3 Å². The van der Waals surface area contributed by atoms with Crippen LogP contribution in [0.5, 0.6) is 0 Å².